The monoisotopic (exact) mass is 742 g/mol. The van der Waals surface area contributed by atoms with Crippen LogP contribution in [-0.4, -0.2) is 76.2 Å². The number of hydrogen-bond acceptors (Lipinski definition) is 13. The fourth-order valence-corrected chi connectivity index (χ4v) is 7.34. The molecule has 1 aromatic carbocycles. The number of pyridine rings is 1. The Morgan fingerprint density at radius 2 is 1.92 bits per heavy atom. The van der Waals surface area contributed by atoms with Gasteiger partial charge in [0.05, 0.1) is 17.4 Å². The molecule has 11 N–H and O–H groups in total. The first-order chi connectivity index (χ1) is 23.9. The number of aromatic nitrogens is 2. The normalized spacial score (nSPS) is 17.0. The van der Waals surface area contributed by atoms with E-state index in [1.54, 1.807) is 29.0 Å². The Labute approximate surface area is 297 Å². The average Bonchev–Trinajstić information content (AvgIpc) is 3.40. The van der Waals surface area contributed by atoms with E-state index in [1.807, 2.05) is 12.1 Å². The molecule has 0 spiro atoms. The smallest absolute Gasteiger partial charge is 0.323 e. The SMILES string of the molecule is CO/N=C(\C(=O)N[C@@H]1C(=O)N2C(C(=O)[O-])=C(C[n+]3ccc(N)c(NC(=O)Nc4ccc(CCN=C(N)N)cc4)c3)CS[C@H]12)c1nc(N)sc1Cl. The maximum absolute atomic E-state index is 13.2. The number of carbonyl (C=O) groups is 4. The van der Waals surface area contributed by atoms with E-state index in [4.69, 9.17) is 39.4 Å². The van der Waals surface area contributed by atoms with Gasteiger partial charge in [0.2, 0.25) is 0 Å². The zero-order valence-electron chi connectivity index (χ0n) is 26.2. The van der Waals surface area contributed by atoms with E-state index in [0.717, 1.165) is 21.8 Å². The standard InChI is InChI=1S/C29H31ClN12O6S2/c1-48-40-19(18-22(30)50-28(34)39-18)23(43)38-20-24(44)42-21(26(45)46)14(12-49-25(20)42)10-41-9-7-16(31)17(11-41)37-29(47)36-15-4-2-13(3-5-15)6-8-35-27(32)33/h2-5,7,9,11,20,25,31H,6,8,10,12H2,1H3,(H10,32,33,34,35,36,37,38,39,43,45,46,47)/b40-19-/t20-,25-/m1/s1. The molecule has 262 valence electrons. The number of nitrogens with two attached hydrogens (primary N) is 4. The number of nitrogens with zero attached hydrogens (tertiary/aromatic N) is 5. The molecule has 0 aliphatic carbocycles. The number of nitrogen functional groups attached to an aromatic ring is 2. The molecular weight excluding hydrogens is 712 g/mol. The fourth-order valence-electron chi connectivity index (χ4n) is 5.08. The van der Waals surface area contributed by atoms with Crippen LogP contribution in [-0.2, 0) is 32.2 Å². The number of anilines is 4. The van der Waals surface area contributed by atoms with Crippen molar-refractivity contribution in [3.8, 4) is 0 Å². The number of halogens is 1. The highest BCUT2D eigenvalue weighted by Crippen LogP contribution is 2.40. The van der Waals surface area contributed by atoms with Crippen LogP contribution in [0.3, 0.4) is 0 Å². The molecule has 2 atom stereocenters. The maximum Gasteiger partial charge on any atom is 0.323 e. The molecule has 0 unspecified atom stereocenters. The predicted octanol–water partition coefficient (Wildman–Crippen LogP) is -0.837. The van der Waals surface area contributed by atoms with E-state index in [1.165, 1.54) is 25.1 Å². The van der Waals surface area contributed by atoms with E-state index in [2.05, 4.69) is 31.1 Å². The first-order valence-electron chi connectivity index (χ1n) is 14.6. The molecule has 2 aromatic heterocycles. The second kappa shape index (κ2) is 15.3. The Balaban J connectivity index is 1.25. The van der Waals surface area contributed by atoms with Gasteiger partial charge in [0, 0.05) is 29.6 Å². The molecule has 2 aliphatic heterocycles. The van der Waals surface area contributed by atoms with Crippen molar-refractivity contribution in [2.45, 2.75) is 24.4 Å². The lowest BCUT2D eigenvalue weighted by Crippen LogP contribution is -2.71. The van der Waals surface area contributed by atoms with Gasteiger partial charge in [-0.2, -0.15) is 4.57 Å². The number of aliphatic carboxylic acids is 1. The molecule has 4 amide bonds. The number of oxime groups is 1. The Morgan fingerprint density at radius 1 is 1.18 bits per heavy atom. The third-order valence-electron chi connectivity index (χ3n) is 7.33. The summed E-state index contributed by atoms with van der Waals surface area (Å²) >= 11 is 8.31. The van der Waals surface area contributed by atoms with Crippen LogP contribution in [0, 0.1) is 0 Å². The molecule has 2 aliphatic rings. The van der Waals surface area contributed by atoms with Crippen LogP contribution in [0.25, 0.3) is 0 Å². The lowest BCUT2D eigenvalue weighted by molar-refractivity contribution is -0.688. The third-order valence-corrected chi connectivity index (χ3v) is 9.75. The molecule has 18 nitrogen and oxygen atoms in total. The highest BCUT2D eigenvalue weighted by molar-refractivity contribution is 8.00. The third kappa shape index (κ3) is 7.98. The van der Waals surface area contributed by atoms with Crippen molar-refractivity contribution < 1.29 is 33.7 Å². The molecule has 3 aromatic rings. The van der Waals surface area contributed by atoms with E-state index in [9.17, 15) is 24.3 Å². The summed E-state index contributed by atoms with van der Waals surface area (Å²) in [6, 6.07) is 7.02. The lowest BCUT2D eigenvalue weighted by Gasteiger charge is -2.50. The number of carboxylic acids is 1. The summed E-state index contributed by atoms with van der Waals surface area (Å²) in [5.41, 5.74) is 24.2. The molecule has 1 saturated heterocycles. The molecule has 4 heterocycles. The van der Waals surface area contributed by atoms with Crippen LogP contribution in [0.5, 0.6) is 0 Å². The summed E-state index contributed by atoms with van der Waals surface area (Å²) in [5.74, 6) is -2.86. The van der Waals surface area contributed by atoms with Crippen LogP contribution in [0.15, 0.2) is 64.1 Å². The van der Waals surface area contributed by atoms with Gasteiger partial charge in [-0.15, -0.1) is 11.8 Å². The number of aliphatic imine (C=N–C) groups is 1. The summed E-state index contributed by atoms with van der Waals surface area (Å²) < 4.78 is 1.70. The number of amides is 4. The minimum Gasteiger partial charge on any atom is -0.543 e. The van der Waals surface area contributed by atoms with Crippen LogP contribution in [0.1, 0.15) is 11.3 Å². The predicted molar refractivity (Wildman–Crippen MR) is 187 cm³/mol. The zero-order chi connectivity index (χ0) is 36.1. The van der Waals surface area contributed by atoms with Gasteiger partial charge in [-0.3, -0.25) is 19.5 Å². The average molecular weight is 743 g/mol. The van der Waals surface area contributed by atoms with Crippen molar-refractivity contribution in [3.63, 3.8) is 0 Å². The first kappa shape index (κ1) is 35.7. The summed E-state index contributed by atoms with van der Waals surface area (Å²) in [6.45, 7) is 0.458. The van der Waals surface area contributed by atoms with Crippen LogP contribution >= 0.6 is 34.7 Å². The number of nitrogens with one attached hydrogen (secondary N) is 3. The van der Waals surface area contributed by atoms with Crippen LogP contribution in [0.4, 0.5) is 27.0 Å². The fraction of sp³-hybridized carbons (Fsp3) is 0.241. The number of thiazole rings is 1. The number of urea groups is 1. The van der Waals surface area contributed by atoms with Gasteiger partial charge in [-0.05, 0) is 24.1 Å². The van der Waals surface area contributed by atoms with Crippen molar-refractivity contribution in [3.05, 3.63) is 69.6 Å². The zero-order valence-corrected chi connectivity index (χ0v) is 28.6. The van der Waals surface area contributed by atoms with E-state index >= 15 is 0 Å². The van der Waals surface area contributed by atoms with Gasteiger partial charge in [-0.1, -0.05) is 40.2 Å². The molecule has 21 heteroatoms. The second-order valence-corrected chi connectivity index (χ2v) is 13.5. The van der Waals surface area contributed by atoms with Gasteiger partial charge in [0.1, 0.15) is 34.2 Å². The summed E-state index contributed by atoms with van der Waals surface area (Å²) in [4.78, 5) is 65.3. The number of thioether (sulfide) groups is 1. The van der Waals surface area contributed by atoms with Gasteiger partial charge >= 0.3 is 6.03 Å². The Hall–Kier alpha value is -5.60. The minimum absolute atomic E-state index is 0.0152. The Morgan fingerprint density at radius 3 is 2.56 bits per heavy atom. The number of rotatable bonds is 12. The molecule has 0 bridgehead atoms. The highest BCUT2D eigenvalue weighted by atomic mass is 35.5. The number of benzene rings is 1. The second-order valence-electron chi connectivity index (χ2n) is 10.7. The van der Waals surface area contributed by atoms with E-state index in [0.29, 0.717) is 24.2 Å². The first-order valence-corrected chi connectivity index (χ1v) is 16.8. The van der Waals surface area contributed by atoms with Crippen molar-refractivity contribution in [2.24, 2.45) is 21.6 Å². The summed E-state index contributed by atoms with van der Waals surface area (Å²) in [5, 5.41) is 23.4. The number of fused-ring (bicyclic) bond motifs is 1. The lowest BCUT2D eigenvalue weighted by atomic mass is 10.0. The number of hydrogen-bond donors (Lipinski definition) is 7. The topological polar surface area (TPSA) is 285 Å². The van der Waals surface area contributed by atoms with E-state index in [-0.39, 0.29) is 56.2 Å². The van der Waals surface area contributed by atoms with Crippen LogP contribution in [0.2, 0.25) is 4.34 Å². The molecule has 5 rings (SSSR count). The number of carbonyl (C=O) groups excluding carboxylic acids is 4. The van der Waals surface area contributed by atoms with Crippen molar-refractivity contribution >= 4 is 92.4 Å². The van der Waals surface area contributed by atoms with E-state index < -0.39 is 35.2 Å². The maximum atomic E-state index is 13.2. The number of carboxylic acid groups (broad SMARTS) is 1. The number of guanidine groups is 1. The molecular formula is C29H31ClN12O6S2. The largest absolute Gasteiger partial charge is 0.543 e. The van der Waals surface area contributed by atoms with Crippen LogP contribution < -0.4 is 48.6 Å². The quantitative estimate of drug-likeness (QED) is 0.0393. The molecule has 0 saturated carbocycles. The minimum atomic E-state index is -1.56. The van der Waals surface area contributed by atoms with Crippen molar-refractivity contribution in [1.29, 1.82) is 0 Å². The van der Waals surface area contributed by atoms with Gasteiger partial charge < -0.3 is 53.6 Å². The molecule has 0 radical (unpaired) electrons. The Bertz CT molecular complexity index is 1930. The van der Waals surface area contributed by atoms with Gasteiger partial charge in [0.25, 0.3) is 11.8 Å². The van der Waals surface area contributed by atoms with Gasteiger partial charge in [0.15, 0.2) is 35.7 Å². The molecule has 50 heavy (non-hydrogen) atoms. The van der Waals surface area contributed by atoms with Crippen molar-refractivity contribution in [2.75, 3.05) is 41.5 Å². The molecule has 1 fully saturated rings. The van der Waals surface area contributed by atoms with Crippen molar-refractivity contribution in [1.82, 2.24) is 15.2 Å². The Kier molecular flexibility index (Phi) is 10.9. The summed E-state index contributed by atoms with van der Waals surface area (Å²) in [7, 11) is 1.22. The highest BCUT2D eigenvalue weighted by Gasteiger charge is 2.53. The van der Waals surface area contributed by atoms with Gasteiger partial charge in [-0.25, -0.2) is 9.78 Å². The number of β-lactam (4-membered cyclic amide) rings is 1. The summed E-state index contributed by atoms with van der Waals surface area (Å²) in [6.07, 6.45) is 3.75.